The van der Waals surface area contributed by atoms with Crippen molar-refractivity contribution in [2.75, 3.05) is 33.3 Å². The van der Waals surface area contributed by atoms with E-state index in [9.17, 15) is 0 Å². The summed E-state index contributed by atoms with van der Waals surface area (Å²) in [5.41, 5.74) is 2.42. The number of rotatable bonds is 4. The Balaban J connectivity index is 2.02. The summed E-state index contributed by atoms with van der Waals surface area (Å²) in [6, 6.07) is 12.6. The SMILES string of the molecule is COc1ccccc1C(c1cccnc1)N1CCCNCC1. The molecule has 1 aliphatic heterocycles. The zero-order valence-corrected chi connectivity index (χ0v) is 13.0. The number of ether oxygens (including phenoxy) is 1. The summed E-state index contributed by atoms with van der Waals surface area (Å²) in [5.74, 6) is 0.938. The molecule has 116 valence electrons. The van der Waals surface area contributed by atoms with Crippen LogP contribution in [0.15, 0.2) is 48.8 Å². The summed E-state index contributed by atoms with van der Waals surface area (Å²) in [4.78, 5) is 6.84. The van der Waals surface area contributed by atoms with Gasteiger partial charge >= 0.3 is 0 Å². The summed E-state index contributed by atoms with van der Waals surface area (Å²) in [7, 11) is 1.74. The van der Waals surface area contributed by atoms with Crippen LogP contribution in [0.1, 0.15) is 23.6 Å². The molecule has 22 heavy (non-hydrogen) atoms. The largest absolute Gasteiger partial charge is 0.496 e. The minimum Gasteiger partial charge on any atom is -0.496 e. The molecule has 1 unspecified atom stereocenters. The molecule has 0 spiro atoms. The van der Waals surface area contributed by atoms with E-state index in [1.54, 1.807) is 7.11 Å². The third-order valence-corrected chi connectivity index (χ3v) is 4.17. The number of para-hydroxylation sites is 1. The van der Waals surface area contributed by atoms with Crippen molar-refractivity contribution in [3.63, 3.8) is 0 Å². The molecule has 3 rings (SSSR count). The average molecular weight is 297 g/mol. The lowest BCUT2D eigenvalue weighted by Gasteiger charge is -2.32. The van der Waals surface area contributed by atoms with Crippen molar-refractivity contribution >= 4 is 0 Å². The second-order valence-corrected chi connectivity index (χ2v) is 5.57. The summed E-state index contributed by atoms with van der Waals surface area (Å²) < 4.78 is 5.61. The molecule has 1 fully saturated rings. The number of nitrogens with zero attached hydrogens (tertiary/aromatic N) is 2. The summed E-state index contributed by atoms with van der Waals surface area (Å²) >= 11 is 0. The van der Waals surface area contributed by atoms with Gasteiger partial charge in [0.1, 0.15) is 5.75 Å². The molecule has 0 aliphatic carbocycles. The van der Waals surface area contributed by atoms with E-state index in [0.717, 1.165) is 38.3 Å². The summed E-state index contributed by atoms with van der Waals surface area (Å²) in [6.07, 6.45) is 4.95. The molecule has 2 aromatic rings. The van der Waals surface area contributed by atoms with Crippen LogP contribution in [-0.2, 0) is 0 Å². The first-order chi connectivity index (χ1) is 10.9. The van der Waals surface area contributed by atoms with Gasteiger partial charge in [0.15, 0.2) is 0 Å². The lowest BCUT2D eigenvalue weighted by atomic mass is 9.97. The Morgan fingerprint density at radius 1 is 1.14 bits per heavy atom. The van der Waals surface area contributed by atoms with Gasteiger partial charge in [-0.05, 0) is 30.7 Å². The topological polar surface area (TPSA) is 37.4 Å². The summed E-state index contributed by atoms with van der Waals surface area (Å²) in [6.45, 7) is 4.20. The third kappa shape index (κ3) is 3.29. The van der Waals surface area contributed by atoms with Crippen LogP contribution in [0.25, 0.3) is 0 Å². The first-order valence-corrected chi connectivity index (χ1v) is 7.88. The first kappa shape index (κ1) is 15.0. The van der Waals surface area contributed by atoms with Crippen LogP contribution in [0.4, 0.5) is 0 Å². The van der Waals surface area contributed by atoms with E-state index in [1.165, 1.54) is 11.1 Å². The molecule has 4 heteroatoms. The normalized spacial score (nSPS) is 17.7. The van der Waals surface area contributed by atoms with Crippen LogP contribution >= 0.6 is 0 Å². The monoisotopic (exact) mass is 297 g/mol. The Labute approximate surface area is 132 Å². The lowest BCUT2D eigenvalue weighted by molar-refractivity contribution is 0.236. The van der Waals surface area contributed by atoms with Crippen molar-refractivity contribution in [1.82, 2.24) is 15.2 Å². The molecule has 0 bridgehead atoms. The molecule has 1 aromatic carbocycles. The maximum absolute atomic E-state index is 5.61. The summed E-state index contributed by atoms with van der Waals surface area (Å²) in [5, 5.41) is 3.48. The Hall–Kier alpha value is -1.91. The van der Waals surface area contributed by atoms with Crippen molar-refractivity contribution in [3.05, 3.63) is 59.9 Å². The zero-order valence-electron chi connectivity index (χ0n) is 13.0. The van der Waals surface area contributed by atoms with Gasteiger partial charge in [0.2, 0.25) is 0 Å². The van der Waals surface area contributed by atoms with E-state index in [4.69, 9.17) is 4.74 Å². The molecule has 1 aromatic heterocycles. The van der Waals surface area contributed by atoms with Gasteiger partial charge in [0.05, 0.1) is 13.2 Å². The molecular formula is C18H23N3O. The van der Waals surface area contributed by atoms with Crippen LogP contribution in [0.2, 0.25) is 0 Å². The second-order valence-electron chi connectivity index (χ2n) is 5.57. The minimum absolute atomic E-state index is 0.185. The van der Waals surface area contributed by atoms with Gasteiger partial charge in [-0.25, -0.2) is 0 Å². The van der Waals surface area contributed by atoms with Crippen molar-refractivity contribution in [2.45, 2.75) is 12.5 Å². The van der Waals surface area contributed by atoms with Gasteiger partial charge in [-0.1, -0.05) is 24.3 Å². The first-order valence-electron chi connectivity index (χ1n) is 7.88. The van der Waals surface area contributed by atoms with E-state index >= 15 is 0 Å². The van der Waals surface area contributed by atoms with Gasteiger partial charge in [0.25, 0.3) is 0 Å². The standard InChI is InChI=1S/C18H23N3O/c1-22-17-8-3-2-7-16(17)18(15-6-4-9-20-14-15)21-12-5-10-19-11-13-21/h2-4,6-9,14,18-19H,5,10-13H2,1H3. The zero-order chi connectivity index (χ0) is 15.2. The fourth-order valence-corrected chi connectivity index (χ4v) is 3.14. The van der Waals surface area contributed by atoms with Crippen LogP contribution in [0.5, 0.6) is 5.75 Å². The molecular weight excluding hydrogens is 274 g/mol. The fraction of sp³-hybridized carbons (Fsp3) is 0.389. The predicted octanol–water partition coefficient (Wildman–Crippen LogP) is 2.47. The predicted molar refractivity (Wildman–Crippen MR) is 88.1 cm³/mol. The van der Waals surface area contributed by atoms with Crippen LogP contribution in [0, 0.1) is 0 Å². The Morgan fingerprint density at radius 2 is 2.05 bits per heavy atom. The highest BCUT2D eigenvalue weighted by molar-refractivity contribution is 5.41. The van der Waals surface area contributed by atoms with E-state index in [0.29, 0.717) is 0 Å². The molecule has 0 amide bonds. The molecule has 1 saturated heterocycles. The maximum Gasteiger partial charge on any atom is 0.123 e. The van der Waals surface area contributed by atoms with E-state index in [2.05, 4.69) is 33.4 Å². The molecule has 0 saturated carbocycles. The molecule has 1 aliphatic rings. The van der Waals surface area contributed by atoms with Crippen molar-refractivity contribution < 1.29 is 4.74 Å². The van der Waals surface area contributed by atoms with Gasteiger partial charge in [-0.2, -0.15) is 0 Å². The van der Waals surface area contributed by atoms with Gasteiger partial charge < -0.3 is 10.1 Å². The van der Waals surface area contributed by atoms with Crippen molar-refractivity contribution in [1.29, 1.82) is 0 Å². The molecule has 2 heterocycles. The quantitative estimate of drug-likeness (QED) is 0.941. The van der Waals surface area contributed by atoms with Gasteiger partial charge in [-0.3, -0.25) is 9.88 Å². The molecule has 4 nitrogen and oxygen atoms in total. The Bertz CT molecular complexity index is 580. The molecule has 0 radical (unpaired) electrons. The van der Waals surface area contributed by atoms with Crippen LogP contribution in [0.3, 0.4) is 0 Å². The number of hydrogen-bond acceptors (Lipinski definition) is 4. The Morgan fingerprint density at radius 3 is 2.86 bits per heavy atom. The Kier molecular flexibility index (Phi) is 5.03. The second kappa shape index (κ2) is 7.38. The highest BCUT2D eigenvalue weighted by atomic mass is 16.5. The van der Waals surface area contributed by atoms with Crippen LogP contribution in [-0.4, -0.2) is 43.2 Å². The third-order valence-electron chi connectivity index (χ3n) is 4.17. The lowest BCUT2D eigenvalue weighted by Crippen LogP contribution is -2.33. The van der Waals surface area contributed by atoms with Crippen molar-refractivity contribution in [2.24, 2.45) is 0 Å². The fourth-order valence-electron chi connectivity index (χ4n) is 3.14. The van der Waals surface area contributed by atoms with Gasteiger partial charge in [-0.15, -0.1) is 0 Å². The van der Waals surface area contributed by atoms with E-state index in [1.807, 2.05) is 30.6 Å². The maximum atomic E-state index is 5.61. The van der Waals surface area contributed by atoms with Crippen LogP contribution < -0.4 is 10.1 Å². The number of nitrogens with one attached hydrogen (secondary N) is 1. The smallest absolute Gasteiger partial charge is 0.123 e. The number of aromatic nitrogens is 1. The minimum atomic E-state index is 0.185. The van der Waals surface area contributed by atoms with Gasteiger partial charge in [0, 0.05) is 37.6 Å². The average Bonchev–Trinajstić information content (AvgIpc) is 2.86. The van der Waals surface area contributed by atoms with E-state index < -0.39 is 0 Å². The highest BCUT2D eigenvalue weighted by Crippen LogP contribution is 2.34. The molecule has 1 atom stereocenters. The highest BCUT2D eigenvalue weighted by Gasteiger charge is 2.25. The number of pyridine rings is 1. The number of benzene rings is 1. The number of hydrogen-bond donors (Lipinski definition) is 1. The molecule has 1 N–H and O–H groups in total. The van der Waals surface area contributed by atoms with E-state index in [-0.39, 0.29) is 6.04 Å². The number of methoxy groups -OCH3 is 1. The van der Waals surface area contributed by atoms with Crippen molar-refractivity contribution in [3.8, 4) is 5.75 Å².